The van der Waals surface area contributed by atoms with Gasteiger partial charge in [0.15, 0.2) is 11.5 Å². The smallest absolute Gasteiger partial charge is 0.231 e. The highest BCUT2D eigenvalue weighted by Crippen LogP contribution is 2.34. The molecule has 8 heteroatoms. The Morgan fingerprint density at radius 3 is 2.35 bits per heavy atom. The molecule has 1 N–H and O–H groups in total. The number of nitrogens with zero attached hydrogens (tertiary/aromatic N) is 2. The van der Waals surface area contributed by atoms with E-state index in [1.807, 2.05) is 24.3 Å². The van der Waals surface area contributed by atoms with E-state index in [9.17, 15) is 9.90 Å². The third kappa shape index (κ3) is 4.66. The van der Waals surface area contributed by atoms with Gasteiger partial charge in [-0.2, -0.15) is 0 Å². The van der Waals surface area contributed by atoms with Gasteiger partial charge in [-0.1, -0.05) is 29.8 Å². The number of ether oxygens (including phenoxy) is 2. The molecule has 6 rings (SSSR count). The summed E-state index contributed by atoms with van der Waals surface area (Å²) in [7, 11) is 0. The second-order valence-electron chi connectivity index (χ2n) is 9.55. The molecular formula is C29H27ClN2O5. The molecule has 0 unspecified atom stereocenters. The van der Waals surface area contributed by atoms with E-state index in [1.54, 1.807) is 31.2 Å². The van der Waals surface area contributed by atoms with Crippen molar-refractivity contribution in [3.8, 4) is 28.4 Å². The molecule has 0 aliphatic carbocycles. The maximum absolute atomic E-state index is 13.5. The number of phenols is 1. The van der Waals surface area contributed by atoms with E-state index in [0.29, 0.717) is 39.4 Å². The monoisotopic (exact) mass is 518 g/mol. The van der Waals surface area contributed by atoms with Crippen LogP contribution in [-0.4, -0.2) is 47.9 Å². The van der Waals surface area contributed by atoms with Crippen molar-refractivity contribution in [2.75, 3.05) is 33.0 Å². The Labute approximate surface area is 219 Å². The van der Waals surface area contributed by atoms with Crippen molar-refractivity contribution in [2.24, 2.45) is 0 Å². The summed E-state index contributed by atoms with van der Waals surface area (Å²) >= 11 is 6.03. The lowest BCUT2D eigenvalue weighted by Crippen LogP contribution is -2.45. The molecule has 0 bridgehead atoms. The summed E-state index contributed by atoms with van der Waals surface area (Å²) in [5.74, 6) is 2.25. The van der Waals surface area contributed by atoms with Crippen LogP contribution in [0.2, 0.25) is 5.02 Å². The van der Waals surface area contributed by atoms with E-state index in [1.165, 1.54) is 5.56 Å². The molecule has 1 saturated heterocycles. The number of halogens is 1. The molecule has 190 valence electrons. The van der Waals surface area contributed by atoms with Gasteiger partial charge < -0.3 is 19.0 Å². The lowest BCUT2D eigenvalue weighted by Gasteiger charge is -2.34. The van der Waals surface area contributed by atoms with Crippen LogP contribution >= 0.6 is 11.6 Å². The molecule has 1 aromatic heterocycles. The molecule has 0 saturated carbocycles. The second kappa shape index (κ2) is 9.74. The SMILES string of the molecule is Cc1oc2c(CN3CCN(Cc4ccc5c(c4)OCO5)CC3)c(O)ccc2c(=O)c1-c1ccc(Cl)cc1. The summed E-state index contributed by atoms with van der Waals surface area (Å²) in [4.78, 5) is 18.2. The van der Waals surface area contributed by atoms with Crippen LogP contribution in [-0.2, 0) is 13.1 Å². The summed E-state index contributed by atoms with van der Waals surface area (Å²) in [6.07, 6.45) is 0. The second-order valence-corrected chi connectivity index (χ2v) is 9.99. The van der Waals surface area contributed by atoms with E-state index in [0.717, 1.165) is 49.8 Å². The fraction of sp³-hybridized carbons (Fsp3) is 0.276. The molecule has 4 aromatic rings. The van der Waals surface area contributed by atoms with Gasteiger partial charge in [-0.25, -0.2) is 0 Å². The number of piperazine rings is 1. The number of hydrogen-bond acceptors (Lipinski definition) is 7. The number of fused-ring (bicyclic) bond motifs is 2. The first-order valence-corrected chi connectivity index (χ1v) is 12.7. The van der Waals surface area contributed by atoms with E-state index >= 15 is 0 Å². The van der Waals surface area contributed by atoms with Crippen LogP contribution < -0.4 is 14.9 Å². The van der Waals surface area contributed by atoms with Crippen molar-refractivity contribution < 1.29 is 19.0 Å². The molecule has 0 atom stereocenters. The summed E-state index contributed by atoms with van der Waals surface area (Å²) in [6, 6.07) is 16.5. The van der Waals surface area contributed by atoms with Crippen LogP contribution in [0.1, 0.15) is 16.9 Å². The van der Waals surface area contributed by atoms with E-state index < -0.39 is 0 Å². The molecule has 1 fully saturated rings. The van der Waals surface area contributed by atoms with Crippen LogP contribution in [0.4, 0.5) is 0 Å². The largest absolute Gasteiger partial charge is 0.507 e. The lowest BCUT2D eigenvalue weighted by molar-refractivity contribution is 0.121. The molecule has 7 nitrogen and oxygen atoms in total. The zero-order valence-electron chi connectivity index (χ0n) is 20.5. The van der Waals surface area contributed by atoms with Crippen molar-refractivity contribution in [1.82, 2.24) is 9.80 Å². The minimum atomic E-state index is -0.115. The van der Waals surface area contributed by atoms with E-state index in [-0.39, 0.29) is 18.0 Å². The van der Waals surface area contributed by atoms with Gasteiger partial charge in [0.2, 0.25) is 12.2 Å². The van der Waals surface area contributed by atoms with Crippen molar-refractivity contribution in [2.45, 2.75) is 20.0 Å². The fourth-order valence-electron chi connectivity index (χ4n) is 5.14. The first-order valence-electron chi connectivity index (χ1n) is 12.3. The third-order valence-electron chi connectivity index (χ3n) is 7.14. The summed E-state index contributed by atoms with van der Waals surface area (Å²) in [6.45, 7) is 6.87. The highest BCUT2D eigenvalue weighted by molar-refractivity contribution is 6.30. The van der Waals surface area contributed by atoms with Crippen molar-refractivity contribution >= 4 is 22.6 Å². The maximum Gasteiger partial charge on any atom is 0.231 e. The molecular weight excluding hydrogens is 492 g/mol. The van der Waals surface area contributed by atoms with E-state index in [4.69, 9.17) is 25.5 Å². The van der Waals surface area contributed by atoms with Gasteiger partial charge in [0.05, 0.1) is 16.5 Å². The van der Waals surface area contributed by atoms with Crippen LogP contribution in [0.15, 0.2) is 63.8 Å². The number of hydrogen-bond donors (Lipinski definition) is 1. The van der Waals surface area contributed by atoms with Gasteiger partial charge in [-0.05, 0) is 54.4 Å². The van der Waals surface area contributed by atoms with Gasteiger partial charge in [-0.3, -0.25) is 14.6 Å². The average Bonchev–Trinajstić information content (AvgIpc) is 3.36. The Balaban J connectivity index is 1.20. The number of benzene rings is 3. The topological polar surface area (TPSA) is 75.4 Å². The predicted molar refractivity (Wildman–Crippen MR) is 142 cm³/mol. The Hall–Kier alpha value is -3.52. The average molecular weight is 519 g/mol. The van der Waals surface area contributed by atoms with Crippen LogP contribution in [0, 0.1) is 6.92 Å². The number of aromatic hydroxyl groups is 1. The normalized spacial score (nSPS) is 15.9. The highest BCUT2D eigenvalue weighted by atomic mass is 35.5. The summed E-state index contributed by atoms with van der Waals surface area (Å²) in [5.41, 5.74) is 3.44. The first-order chi connectivity index (χ1) is 18.0. The Bertz CT molecular complexity index is 1520. The standard InChI is InChI=1S/C29H27ClN2O5/c1-18-27(20-3-5-21(30)6-4-20)28(34)22-7-8-24(33)23(29(22)37-18)16-32-12-10-31(11-13-32)15-19-2-9-25-26(14-19)36-17-35-25/h2-9,14,33H,10-13,15-17H2,1H3. The van der Waals surface area contributed by atoms with Crippen LogP contribution in [0.25, 0.3) is 22.1 Å². The lowest BCUT2D eigenvalue weighted by atomic mass is 10.0. The summed E-state index contributed by atoms with van der Waals surface area (Å²) < 4.78 is 17.1. The molecule has 2 aliphatic rings. The molecule has 3 heterocycles. The number of rotatable bonds is 5. The molecule has 0 radical (unpaired) electrons. The highest BCUT2D eigenvalue weighted by Gasteiger charge is 2.23. The third-order valence-corrected chi connectivity index (χ3v) is 7.39. The van der Waals surface area contributed by atoms with Gasteiger partial charge in [0.1, 0.15) is 17.1 Å². The van der Waals surface area contributed by atoms with Gasteiger partial charge in [0, 0.05) is 44.3 Å². The fourth-order valence-corrected chi connectivity index (χ4v) is 5.27. The molecule has 0 amide bonds. The Morgan fingerprint density at radius 1 is 0.892 bits per heavy atom. The van der Waals surface area contributed by atoms with Crippen LogP contribution in [0.3, 0.4) is 0 Å². The predicted octanol–water partition coefficient (Wildman–Crippen LogP) is 5.17. The number of aryl methyl sites for hydroxylation is 1. The van der Waals surface area contributed by atoms with Crippen molar-refractivity contribution in [1.29, 1.82) is 0 Å². The van der Waals surface area contributed by atoms with E-state index in [2.05, 4.69) is 15.9 Å². The molecule has 2 aliphatic heterocycles. The van der Waals surface area contributed by atoms with Gasteiger partial charge in [0.25, 0.3) is 0 Å². The minimum absolute atomic E-state index is 0.115. The molecule has 37 heavy (non-hydrogen) atoms. The Kier molecular flexibility index (Phi) is 6.28. The first kappa shape index (κ1) is 23.9. The maximum atomic E-state index is 13.5. The molecule has 0 spiro atoms. The van der Waals surface area contributed by atoms with Crippen molar-refractivity contribution in [3.63, 3.8) is 0 Å². The zero-order valence-corrected chi connectivity index (χ0v) is 21.3. The minimum Gasteiger partial charge on any atom is -0.507 e. The van der Waals surface area contributed by atoms with Crippen molar-refractivity contribution in [3.05, 3.63) is 86.7 Å². The quantitative estimate of drug-likeness (QED) is 0.390. The van der Waals surface area contributed by atoms with Crippen LogP contribution in [0.5, 0.6) is 17.2 Å². The Morgan fingerprint density at radius 2 is 1.59 bits per heavy atom. The number of phenolic OH excluding ortho intramolecular Hbond substituents is 1. The van der Waals surface area contributed by atoms with Gasteiger partial charge in [-0.15, -0.1) is 0 Å². The van der Waals surface area contributed by atoms with Gasteiger partial charge >= 0.3 is 0 Å². The summed E-state index contributed by atoms with van der Waals surface area (Å²) in [5, 5.41) is 11.8. The molecule has 3 aromatic carbocycles. The zero-order chi connectivity index (χ0) is 25.5.